The molecule has 1 aliphatic rings. The van der Waals surface area contributed by atoms with Crippen LogP contribution in [0.2, 0.25) is 0 Å². The second kappa shape index (κ2) is 4.37. The molecule has 0 spiro atoms. The molecule has 0 aromatic heterocycles. The Kier molecular flexibility index (Phi) is 3.12. The maximum Gasteiger partial charge on any atom is 0.307 e. The van der Waals surface area contributed by atoms with Crippen molar-refractivity contribution in [2.75, 3.05) is 5.32 Å². The fourth-order valence-corrected chi connectivity index (χ4v) is 2.67. The van der Waals surface area contributed by atoms with Crippen molar-refractivity contribution in [1.29, 1.82) is 0 Å². The number of aryl methyl sites for hydroxylation is 2. The largest absolute Gasteiger partial charge is 0.481 e. The molecule has 0 radical (unpaired) electrons. The van der Waals surface area contributed by atoms with Gasteiger partial charge in [0, 0.05) is 5.69 Å². The molecular formula is C15H19NO3. The van der Waals surface area contributed by atoms with Gasteiger partial charge < -0.3 is 10.4 Å². The summed E-state index contributed by atoms with van der Waals surface area (Å²) in [6.45, 7) is 7.51. The van der Waals surface area contributed by atoms with E-state index < -0.39 is 23.2 Å². The van der Waals surface area contributed by atoms with Crippen LogP contribution in [-0.4, -0.2) is 17.0 Å². The Balaban J connectivity index is 2.15. The Morgan fingerprint density at radius 1 is 1.21 bits per heavy atom. The second-order valence-corrected chi connectivity index (χ2v) is 5.92. The highest BCUT2D eigenvalue weighted by atomic mass is 16.4. The normalized spacial score (nSPS) is 23.8. The first-order valence-electron chi connectivity index (χ1n) is 6.36. The quantitative estimate of drug-likeness (QED) is 0.879. The van der Waals surface area contributed by atoms with E-state index in [0.29, 0.717) is 0 Å². The number of hydrogen-bond acceptors (Lipinski definition) is 2. The van der Waals surface area contributed by atoms with Crippen LogP contribution in [0.3, 0.4) is 0 Å². The molecule has 102 valence electrons. The lowest BCUT2D eigenvalue weighted by molar-refractivity contribution is -0.140. The average molecular weight is 261 g/mol. The number of aliphatic carboxylic acids is 1. The van der Waals surface area contributed by atoms with Crippen LogP contribution in [0.5, 0.6) is 0 Å². The van der Waals surface area contributed by atoms with Crippen LogP contribution < -0.4 is 5.32 Å². The first-order chi connectivity index (χ1) is 8.75. The lowest BCUT2D eigenvalue weighted by Crippen LogP contribution is -2.18. The van der Waals surface area contributed by atoms with E-state index in [9.17, 15) is 9.59 Å². The third-order valence-corrected chi connectivity index (χ3v) is 4.03. The van der Waals surface area contributed by atoms with E-state index in [-0.39, 0.29) is 5.91 Å². The molecule has 4 heteroatoms. The molecule has 1 fully saturated rings. The molecule has 0 bridgehead atoms. The van der Waals surface area contributed by atoms with Gasteiger partial charge in [-0.05, 0) is 36.5 Å². The predicted octanol–water partition coefficient (Wildman–Crippen LogP) is 2.60. The molecular weight excluding hydrogens is 242 g/mol. The number of carboxylic acid groups (broad SMARTS) is 1. The summed E-state index contributed by atoms with van der Waals surface area (Å²) in [6, 6.07) is 5.82. The van der Waals surface area contributed by atoms with Gasteiger partial charge in [0.1, 0.15) is 0 Å². The van der Waals surface area contributed by atoms with Gasteiger partial charge in [0.15, 0.2) is 0 Å². The van der Waals surface area contributed by atoms with Crippen molar-refractivity contribution < 1.29 is 14.7 Å². The highest BCUT2D eigenvalue weighted by Crippen LogP contribution is 2.58. The third-order valence-electron chi connectivity index (χ3n) is 4.03. The van der Waals surface area contributed by atoms with Crippen LogP contribution in [-0.2, 0) is 9.59 Å². The van der Waals surface area contributed by atoms with E-state index in [1.54, 1.807) is 0 Å². The number of anilines is 1. The smallest absolute Gasteiger partial charge is 0.307 e. The molecule has 2 rings (SSSR count). The fraction of sp³-hybridized carbons (Fsp3) is 0.467. The lowest BCUT2D eigenvalue weighted by Gasteiger charge is -2.10. The zero-order valence-electron chi connectivity index (χ0n) is 11.7. The molecule has 1 aromatic rings. The number of hydrogen-bond donors (Lipinski definition) is 2. The topological polar surface area (TPSA) is 66.4 Å². The third kappa shape index (κ3) is 2.35. The Labute approximate surface area is 112 Å². The number of amides is 1. The molecule has 0 heterocycles. The van der Waals surface area contributed by atoms with Crippen molar-refractivity contribution >= 4 is 17.6 Å². The predicted molar refractivity (Wildman–Crippen MR) is 72.9 cm³/mol. The molecule has 0 saturated heterocycles. The summed E-state index contributed by atoms with van der Waals surface area (Å²) in [7, 11) is 0. The minimum Gasteiger partial charge on any atom is -0.481 e. The van der Waals surface area contributed by atoms with Gasteiger partial charge in [-0.3, -0.25) is 9.59 Å². The highest BCUT2D eigenvalue weighted by molar-refractivity contribution is 6.00. The van der Waals surface area contributed by atoms with Crippen molar-refractivity contribution in [3.63, 3.8) is 0 Å². The van der Waals surface area contributed by atoms with Crippen molar-refractivity contribution in [3.8, 4) is 0 Å². The van der Waals surface area contributed by atoms with Gasteiger partial charge in [0.25, 0.3) is 0 Å². The first-order valence-corrected chi connectivity index (χ1v) is 6.36. The molecule has 0 aliphatic heterocycles. The summed E-state index contributed by atoms with van der Waals surface area (Å²) in [5.74, 6) is -2.14. The van der Waals surface area contributed by atoms with Gasteiger partial charge in [-0.15, -0.1) is 0 Å². The molecule has 4 nitrogen and oxygen atoms in total. The molecule has 1 saturated carbocycles. The monoisotopic (exact) mass is 261 g/mol. The standard InChI is InChI=1S/C15H19NO3/c1-8-5-6-9(2)10(7-8)16-13(17)11-12(14(18)19)15(11,3)4/h5-7,11-12H,1-4H3,(H,16,17)(H,18,19)/t11-,12+/m0/s1. The number of carbonyl (C=O) groups is 2. The van der Waals surface area contributed by atoms with Crippen molar-refractivity contribution in [1.82, 2.24) is 0 Å². The molecule has 19 heavy (non-hydrogen) atoms. The van der Waals surface area contributed by atoms with E-state index in [4.69, 9.17) is 5.11 Å². The van der Waals surface area contributed by atoms with Crippen LogP contribution in [0.4, 0.5) is 5.69 Å². The summed E-state index contributed by atoms with van der Waals surface area (Å²) in [5, 5.41) is 11.9. The summed E-state index contributed by atoms with van der Waals surface area (Å²) in [4.78, 5) is 23.3. The van der Waals surface area contributed by atoms with Crippen molar-refractivity contribution in [3.05, 3.63) is 29.3 Å². The van der Waals surface area contributed by atoms with E-state index in [1.807, 2.05) is 45.9 Å². The van der Waals surface area contributed by atoms with E-state index in [2.05, 4.69) is 5.32 Å². The van der Waals surface area contributed by atoms with Gasteiger partial charge in [0.2, 0.25) is 5.91 Å². The Hall–Kier alpha value is -1.84. The maximum atomic E-state index is 12.2. The summed E-state index contributed by atoms with van der Waals surface area (Å²) in [6.07, 6.45) is 0. The first kappa shape index (κ1) is 13.6. The van der Waals surface area contributed by atoms with Crippen LogP contribution in [0.15, 0.2) is 18.2 Å². The summed E-state index contributed by atoms with van der Waals surface area (Å²) < 4.78 is 0. The van der Waals surface area contributed by atoms with E-state index in [1.165, 1.54) is 0 Å². The molecule has 1 aliphatic carbocycles. The van der Waals surface area contributed by atoms with Gasteiger partial charge in [-0.25, -0.2) is 0 Å². The van der Waals surface area contributed by atoms with Crippen LogP contribution in [0.25, 0.3) is 0 Å². The van der Waals surface area contributed by atoms with Crippen molar-refractivity contribution in [2.24, 2.45) is 17.3 Å². The number of carbonyl (C=O) groups excluding carboxylic acids is 1. The average Bonchev–Trinajstić information content (AvgIpc) is 2.87. The Morgan fingerprint density at radius 3 is 2.37 bits per heavy atom. The van der Waals surface area contributed by atoms with Gasteiger partial charge in [0.05, 0.1) is 11.8 Å². The van der Waals surface area contributed by atoms with E-state index in [0.717, 1.165) is 16.8 Å². The molecule has 1 aromatic carbocycles. The van der Waals surface area contributed by atoms with Crippen LogP contribution in [0.1, 0.15) is 25.0 Å². The lowest BCUT2D eigenvalue weighted by atomic mass is 10.1. The van der Waals surface area contributed by atoms with Crippen molar-refractivity contribution in [2.45, 2.75) is 27.7 Å². The number of carboxylic acids is 1. The molecule has 1 amide bonds. The van der Waals surface area contributed by atoms with Gasteiger partial charge in [-0.2, -0.15) is 0 Å². The molecule has 2 atom stereocenters. The van der Waals surface area contributed by atoms with Gasteiger partial charge in [-0.1, -0.05) is 26.0 Å². The SMILES string of the molecule is Cc1ccc(C)c(NC(=O)[C@@H]2[C@H](C(=O)O)C2(C)C)c1. The minimum atomic E-state index is -0.897. The summed E-state index contributed by atoms with van der Waals surface area (Å²) >= 11 is 0. The van der Waals surface area contributed by atoms with Crippen LogP contribution >= 0.6 is 0 Å². The molecule has 0 unspecified atom stereocenters. The fourth-order valence-electron chi connectivity index (χ4n) is 2.67. The highest BCUT2D eigenvalue weighted by Gasteiger charge is 2.65. The summed E-state index contributed by atoms with van der Waals surface area (Å²) in [5.41, 5.74) is 2.33. The van der Waals surface area contributed by atoms with E-state index >= 15 is 0 Å². The minimum absolute atomic E-state index is 0.203. The van der Waals surface area contributed by atoms with Crippen LogP contribution in [0, 0.1) is 31.1 Å². The Morgan fingerprint density at radius 2 is 1.84 bits per heavy atom. The zero-order valence-corrected chi connectivity index (χ0v) is 11.7. The number of benzene rings is 1. The Bertz CT molecular complexity index is 548. The zero-order chi connectivity index (χ0) is 14.4. The van der Waals surface area contributed by atoms with Gasteiger partial charge >= 0.3 is 5.97 Å². The number of nitrogens with one attached hydrogen (secondary N) is 1. The molecule has 2 N–H and O–H groups in total. The number of rotatable bonds is 3. The second-order valence-electron chi connectivity index (χ2n) is 5.92. The maximum absolute atomic E-state index is 12.2.